The summed E-state index contributed by atoms with van der Waals surface area (Å²) in [5.74, 6) is 0.551. The first-order chi connectivity index (χ1) is 19.2. The van der Waals surface area contributed by atoms with Crippen LogP contribution in [0.25, 0.3) is 43.4 Å². The Balaban J connectivity index is 1.50. The molecule has 39 heavy (non-hydrogen) atoms. The van der Waals surface area contributed by atoms with Gasteiger partial charge in [0.05, 0.1) is 11.4 Å². The second kappa shape index (κ2) is 9.63. The van der Waals surface area contributed by atoms with Gasteiger partial charge in [0.1, 0.15) is 0 Å². The first-order valence-electron chi connectivity index (χ1n) is 14.0. The van der Waals surface area contributed by atoms with Crippen LogP contribution in [0.4, 0.5) is 17.1 Å². The van der Waals surface area contributed by atoms with Gasteiger partial charge in [-0.25, -0.2) is 0 Å². The van der Waals surface area contributed by atoms with E-state index in [0.717, 1.165) is 5.69 Å². The lowest BCUT2D eigenvalue weighted by Crippen LogP contribution is -2.11. The lowest BCUT2D eigenvalue weighted by atomic mass is 9.95. The molecule has 0 bridgehead atoms. The molecule has 0 amide bonds. The molecule has 0 radical (unpaired) electrons. The van der Waals surface area contributed by atoms with E-state index in [-0.39, 0.29) is 0 Å². The maximum atomic E-state index is 3.66. The zero-order valence-corrected chi connectivity index (χ0v) is 22.5. The molecule has 1 atom stereocenters. The van der Waals surface area contributed by atoms with Crippen molar-refractivity contribution < 1.29 is 0 Å². The highest BCUT2D eigenvalue weighted by Gasteiger charge is 2.19. The summed E-state index contributed by atoms with van der Waals surface area (Å²) in [6.45, 7) is 4.61. The predicted molar refractivity (Wildman–Crippen MR) is 169 cm³/mol. The minimum atomic E-state index is 0.551. The fraction of sp³-hybridized carbons (Fsp3) is 0.135. The number of aromatic nitrogens is 1. The second-order valence-electron chi connectivity index (χ2n) is 10.7. The van der Waals surface area contributed by atoms with Crippen molar-refractivity contribution in [3.63, 3.8) is 0 Å². The summed E-state index contributed by atoms with van der Waals surface area (Å²) in [5, 5.41) is 7.51. The number of rotatable bonds is 6. The van der Waals surface area contributed by atoms with E-state index in [0.29, 0.717) is 5.92 Å². The SMILES string of the molecule is CCCC(C)c1ccc2[nH]c3ccc(N(c4cccc5ccccc45)c4cccc5ccccc45)cc3c2c1. The Labute approximate surface area is 229 Å². The van der Waals surface area contributed by atoms with Gasteiger partial charge in [0.25, 0.3) is 0 Å². The Kier molecular flexibility index (Phi) is 5.82. The fourth-order valence-electron chi connectivity index (χ4n) is 6.16. The summed E-state index contributed by atoms with van der Waals surface area (Å²) >= 11 is 0. The summed E-state index contributed by atoms with van der Waals surface area (Å²) in [4.78, 5) is 6.10. The van der Waals surface area contributed by atoms with Gasteiger partial charge in [-0.05, 0) is 71.1 Å². The largest absolute Gasteiger partial charge is 0.355 e. The molecule has 2 heteroatoms. The Morgan fingerprint density at radius 1 is 0.590 bits per heavy atom. The van der Waals surface area contributed by atoms with Crippen molar-refractivity contribution in [2.24, 2.45) is 0 Å². The lowest BCUT2D eigenvalue weighted by molar-refractivity contribution is 0.665. The number of aromatic amines is 1. The molecule has 0 saturated carbocycles. The monoisotopic (exact) mass is 504 g/mol. The standard InChI is InChI=1S/C37H32N2/c1-3-10-25(2)28-19-21-34-32(23-28)33-24-29(20-22-35(33)38-34)39(36-17-8-13-26-11-4-6-15-30(26)36)37-18-9-14-27-12-5-7-16-31(27)37/h4-9,11-25,38H,3,10H2,1-2H3. The van der Waals surface area contributed by atoms with E-state index in [1.165, 1.54) is 73.1 Å². The Morgan fingerprint density at radius 3 is 1.79 bits per heavy atom. The molecular weight excluding hydrogens is 472 g/mol. The Bertz CT molecular complexity index is 1870. The number of nitrogens with one attached hydrogen (secondary N) is 1. The second-order valence-corrected chi connectivity index (χ2v) is 10.7. The van der Waals surface area contributed by atoms with Gasteiger partial charge in [-0.1, -0.05) is 99.1 Å². The first-order valence-corrected chi connectivity index (χ1v) is 14.0. The van der Waals surface area contributed by atoms with Gasteiger partial charge >= 0.3 is 0 Å². The van der Waals surface area contributed by atoms with Crippen LogP contribution in [0.15, 0.2) is 121 Å². The van der Waals surface area contributed by atoms with Gasteiger partial charge in [0.2, 0.25) is 0 Å². The summed E-state index contributed by atoms with van der Waals surface area (Å²) in [6.07, 6.45) is 2.40. The van der Waals surface area contributed by atoms with E-state index >= 15 is 0 Å². The van der Waals surface area contributed by atoms with Crippen molar-refractivity contribution in [1.82, 2.24) is 4.98 Å². The smallest absolute Gasteiger partial charge is 0.0540 e. The quantitative estimate of drug-likeness (QED) is 0.239. The molecule has 190 valence electrons. The summed E-state index contributed by atoms with van der Waals surface area (Å²) in [5.41, 5.74) is 7.29. The number of benzene rings is 6. The van der Waals surface area contributed by atoms with Gasteiger partial charge in [-0.3, -0.25) is 0 Å². The molecule has 0 aliphatic rings. The average Bonchev–Trinajstić information content (AvgIpc) is 3.35. The molecule has 0 fully saturated rings. The van der Waals surface area contributed by atoms with E-state index in [1.807, 2.05) is 0 Å². The zero-order chi connectivity index (χ0) is 26.3. The number of fused-ring (bicyclic) bond motifs is 5. The number of anilines is 3. The third-order valence-corrected chi connectivity index (χ3v) is 8.17. The average molecular weight is 505 g/mol. The van der Waals surface area contributed by atoms with E-state index in [4.69, 9.17) is 0 Å². The first kappa shape index (κ1) is 23.5. The van der Waals surface area contributed by atoms with Crippen LogP contribution < -0.4 is 4.90 Å². The highest BCUT2D eigenvalue weighted by molar-refractivity contribution is 6.10. The molecule has 1 aromatic heterocycles. The van der Waals surface area contributed by atoms with E-state index in [2.05, 4.69) is 145 Å². The molecule has 0 spiro atoms. The third-order valence-electron chi connectivity index (χ3n) is 8.17. The predicted octanol–water partition coefficient (Wildman–Crippen LogP) is 11.0. The minimum Gasteiger partial charge on any atom is -0.355 e. The zero-order valence-electron chi connectivity index (χ0n) is 22.5. The summed E-state index contributed by atoms with van der Waals surface area (Å²) < 4.78 is 0. The van der Waals surface area contributed by atoms with Crippen LogP contribution in [-0.4, -0.2) is 4.98 Å². The molecule has 1 heterocycles. The molecule has 7 aromatic rings. The molecule has 0 aliphatic carbocycles. The van der Waals surface area contributed by atoms with Crippen molar-refractivity contribution in [1.29, 1.82) is 0 Å². The van der Waals surface area contributed by atoms with Gasteiger partial charge in [0, 0.05) is 38.3 Å². The maximum absolute atomic E-state index is 3.66. The summed E-state index contributed by atoms with van der Waals surface area (Å²) in [7, 11) is 0. The molecule has 1 unspecified atom stereocenters. The molecule has 7 rings (SSSR count). The minimum absolute atomic E-state index is 0.551. The van der Waals surface area contributed by atoms with Crippen molar-refractivity contribution in [2.75, 3.05) is 4.90 Å². The van der Waals surface area contributed by atoms with Crippen LogP contribution in [0, 0.1) is 0 Å². The van der Waals surface area contributed by atoms with Crippen molar-refractivity contribution in [3.8, 4) is 0 Å². The number of H-pyrrole nitrogens is 1. The van der Waals surface area contributed by atoms with Crippen LogP contribution >= 0.6 is 0 Å². The molecule has 0 saturated heterocycles. The van der Waals surface area contributed by atoms with Crippen LogP contribution in [0.2, 0.25) is 0 Å². The van der Waals surface area contributed by atoms with Gasteiger partial charge in [0.15, 0.2) is 0 Å². The molecule has 6 aromatic carbocycles. The molecular formula is C37H32N2. The molecule has 1 N–H and O–H groups in total. The normalized spacial score (nSPS) is 12.5. The van der Waals surface area contributed by atoms with Crippen LogP contribution in [-0.2, 0) is 0 Å². The Morgan fingerprint density at radius 2 is 1.15 bits per heavy atom. The maximum Gasteiger partial charge on any atom is 0.0540 e. The van der Waals surface area contributed by atoms with Crippen LogP contribution in [0.3, 0.4) is 0 Å². The number of hydrogen-bond donors (Lipinski definition) is 1. The van der Waals surface area contributed by atoms with E-state index < -0.39 is 0 Å². The highest BCUT2D eigenvalue weighted by Crippen LogP contribution is 2.43. The van der Waals surface area contributed by atoms with E-state index in [9.17, 15) is 0 Å². The Hall–Kier alpha value is -4.56. The number of hydrogen-bond acceptors (Lipinski definition) is 1. The van der Waals surface area contributed by atoms with Gasteiger partial charge < -0.3 is 9.88 Å². The topological polar surface area (TPSA) is 19.0 Å². The third kappa shape index (κ3) is 4.04. The van der Waals surface area contributed by atoms with Gasteiger partial charge in [-0.15, -0.1) is 0 Å². The highest BCUT2D eigenvalue weighted by atomic mass is 15.1. The van der Waals surface area contributed by atoms with Gasteiger partial charge in [-0.2, -0.15) is 0 Å². The van der Waals surface area contributed by atoms with Crippen LogP contribution in [0.5, 0.6) is 0 Å². The van der Waals surface area contributed by atoms with Crippen LogP contribution in [0.1, 0.15) is 38.2 Å². The lowest BCUT2D eigenvalue weighted by Gasteiger charge is -2.28. The molecule has 0 aliphatic heterocycles. The summed E-state index contributed by atoms with van der Waals surface area (Å²) in [6, 6.07) is 44.4. The fourth-order valence-corrected chi connectivity index (χ4v) is 6.16. The van der Waals surface area contributed by atoms with Crippen molar-refractivity contribution >= 4 is 60.4 Å². The van der Waals surface area contributed by atoms with Crippen molar-refractivity contribution in [2.45, 2.75) is 32.6 Å². The van der Waals surface area contributed by atoms with E-state index in [1.54, 1.807) is 0 Å². The number of nitrogens with zero attached hydrogens (tertiary/aromatic N) is 1. The van der Waals surface area contributed by atoms with Crippen molar-refractivity contribution in [3.05, 3.63) is 127 Å². The molecule has 2 nitrogen and oxygen atoms in total.